The summed E-state index contributed by atoms with van der Waals surface area (Å²) in [5, 5.41) is 12.8. The van der Waals surface area contributed by atoms with Crippen LogP contribution in [0.5, 0.6) is 0 Å². The molecule has 2 N–H and O–H groups in total. The van der Waals surface area contributed by atoms with Crippen molar-refractivity contribution in [2.75, 3.05) is 5.75 Å². The van der Waals surface area contributed by atoms with E-state index in [9.17, 15) is 4.79 Å². The predicted molar refractivity (Wildman–Crippen MR) is 69.6 cm³/mol. The van der Waals surface area contributed by atoms with E-state index in [1.165, 1.54) is 11.3 Å². The minimum atomic E-state index is -0.812. The van der Waals surface area contributed by atoms with Gasteiger partial charge < -0.3 is 9.52 Å². The van der Waals surface area contributed by atoms with Gasteiger partial charge >= 0.3 is 5.97 Å². The fraction of sp³-hybridized carbons (Fsp3) is 0.273. The normalized spacial score (nSPS) is 23.3. The van der Waals surface area contributed by atoms with Gasteiger partial charge in [-0.05, 0) is 12.1 Å². The van der Waals surface area contributed by atoms with Gasteiger partial charge in [-0.3, -0.25) is 10.1 Å². The second-order valence-corrected chi connectivity index (χ2v) is 6.01. The predicted octanol–water partition coefficient (Wildman–Crippen LogP) is 2.19. The summed E-state index contributed by atoms with van der Waals surface area (Å²) in [6, 6.07) is 3.22. The van der Waals surface area contributed by atoms with E-state index in [1.807, 2.05) is 12.1 Å². The number of carboxylic acids is 1. The highest BCUT2D eigenvalue weighted by atomic mass is 32.2. The summed E-state index contributed by atoms with van der Waals surface area (Å²) in [4.78, 5) is 16.1. The summed E-state index contributed by atoms with van der Waals surface area (Å²) in [5.41, 5.74) is 0. The number of furan rings is 1. The van der Waals surface area contributed by atoms with Crippen LogP contribution in [-0.4, -0.2) is 27.9 Å². The fourth-order valence-electron chi connectivity index (χ4n) is 1.70. The highest BCUT2D eigenvalue weighted by molar-refractivity contribution is 7.99. The topological polar surface area (TPSA) is 75.4 Å². The molecule has 7 heteroatoms. The van der Waals surface area contributed by atoms with Crippen LogP contribution in [0.2, 0.25) is 0 Å². The van der Waals surface area contributed by atoms with Gasteiger partial charge in [-0.1, -0.05) is 0 Å². The van der Waals surface area contributed by atoms with E-state index in [1.54, 1.807) is 24.2 Å². The molecule has 18 heavy (non-hydrogen) atoms. The number of aromatic nitrogens is 1. The van der Waals surface area contributed by atoms with Crippen molar-refractivity contribution in [1.29, 1.82) is 0 Å². The molecule has 2 unspecified atom stereocenters. The summed E-state index contributed by atoms with van der Waals surface area (Å²) in [5.74, 6) is 0.541. The Kier molecular flexibility index (Phi) is 3.11. The van der Waals surface area contributed by atoms with Gasteiger partial charge in [-0.25, -0.2) is 4.98 Å². The zero-order chi connectivity index (χ0) is 12.5. The first-order valence-electron chi connectivity index (χ1n) is 5.34. The molecule has 94 valence electrons. The van der Waals surface area contributed by atoms with E-state index in [0.29, 0.717) is 5.75 Å². The van der Waals surface area contributed by atoms with Crippen LogP contribution in [0.4, 0.5) is 0 Å². The van der Waals surface area contributed by atoms with E-state index in [2.05, 4.69) is 10.3 Å². The molecular weight excluding hydrogens is 272 g/mol. The molecule has 0 saturated carbocycles. The SMILES string of the molecule is O=C(O)C1CSC(c2ncc(-c3ccco3)s2)N1. The maximum absolute atomic E-state index is 10.9. The summed E-state index contributed by atoms with van der Waals surface area (Å²) in [6.07, 6.45) is 3.38. The lowest BCUT2D eigenvalue weighted by Gasteiger charge is -2.06. The number of nitrogens with zero attached hydrogens (tertiary/aromatic N) is 1. The Labute approximate surface area is 111 Å². The monoisotopic (exact) mass is 282 g/mol. The van der Waals surface area contributed by atoms with Gasteiger partial charge in [0.2, 0.25) is 0 Å². The van der Waals surface area contributed by atoms with Crippen molar-refractivity contribution in [3.63, 3.8) is 0 Å². The summed E-state index contributed by atoms with van der Waals surface area (Å²) in [7, 11) is 0. The number of rotatable bonds is 3. The Morgan fingerprint density at radius 3 is 3.17 bits per heavy atom. The van der Waals surface area contributed by atoms with Crippen molar-refractivity contribution in [2.45, 2.75) is 11.4 Å². The van der Waals surface area contributed by atoms with E-state index in [-0.39, 0.29) is 5.37 Å². The molecule has 0 aromatic carbocycles. The summed E-state index contributed by atoms with van der Waals surface area (Å²) < 4.78 is 5.30. The minimum Gasteiger partial charge on any atom is -0.480 e. The maximum atomic E-state index is 10.9. The van der Waals surface area contributed by atoms with Crippen molar-refractivity contribution in [3.05, 3.63) is 29.6 Å². The molecule has 2 atom stereocenters. The van der Waals surface area contributed by atoms with Crippen LogP contribution in [-0.2, 0) is 4.79 Å². The van der Waals surface area contributed by atoms with Crippen LogP contribution in [0.25, 0.3) is 10.6 Å². The van der Waals surface area contributed by atoms with Crippen molar-refractivity contribution >= 4 is 29.1 Å². The number of thiazole rings is 1. The van der Waals surface area contributed by atoms with E-state index < -0.39 is 12.0 Å². The third-order valence-electron chi connectivity index (χ3n) is 2.59. The first-order chi connectivity index (χ1) is 8.74. The number of hydrogen-bond acceptors (Lipinski definition) is 6. The van der Waals surface area contributed by atoms with Crippen LogP contribution in [0.15, 0.2) is 29.0 Å². The molecule has 0 spiro atoms. The molecule has 2 aromatic rings. The highest BCUT2D eigenvalue weighted by Gasteiger charge is 2.32. The molecular formula is C11H10N2O3S2. The zero-order valence-electron chi connectivity index (χ0n) is 9.20. The molecule has 0 amide bonds. The molecule has 1 aliphatic rings. The molecule has 0 bridgehead atoms. The number of aliphatic carboxylic acids is 1. The van der Waals surface area contributed by atoms with Gasteiger partial charge in [0.05, 0.1) is 11.1 Å². The van der Waals surface area contributed by atoms with Crippen molar-refractivity contribution in [3.8, 4) is 10.6 Å². The maximum Gasteiger partial charge on any atom is 0.321 e. The Morgan fingerprint density at radius 1 is 1.61 bits per heavy atom. The smallest absolute Gasteiger partial charge is 0.321 e. The van der Waals surface area contributed by atoms with E-state index in [4.69, 9.17) is 9.52 Å². The summed E-state index contributed by atoms with van der Waals surface area (Å²) in [6.45, 7) is 0. The van der Waals surface area contributed by atoms with Crippen LogP contribution >= 0.6 is 23.1 Å². The van der Waals surface area contributed by atoms with Crippen LogP contribution in [0.1, 0.15) is 10.4 Å². The molecule has 2 aromatic heterocycles. The lowest BCUT2D eigenvalue weighted by Crippen LogP contribution is -2.33. The second kappa shape index (κ2) is 4.75. The van der Waals surface area contributed by atoms with Crippen molar-refractivity contribution in [1.82, 2.24) is 10.3 Å². The van der Waals surface area contributed by atoms with Crippen LogP contribution < -0.4 is 5.32 Å². The third kappa shape index (κ3) is 2.16. The summed E-state index contributed by atoms with van der Waals surface area (Å²) >= 11 is 3.09. The first kappa shape index (κ1) is 11.8. The molecule has 3 heterocycles. The number of nitrogens with one attached hydrogen (secondary N) is 1. The lowest BCUT2D eigenvalue weighted by molar-refractivity contribution is -0.138. The van der Waals surface area contributed by atoms with Crippen LogP contribution in [0, 0.1) is 0 Å². The Balaban J connectivity index is 1.77. The number of hydrogen-bond donors (Lipinski definition) is 2. The number of carboxylic acid groups (broad SMARTS) is 1. The Hall–Kier alpha value is -1.31. The van der Waals surface area contributed by atoms with E-state index in [0.717, 1.165) is 15.6 Å². The van der Waals surface area contributed by atoms with Crippen LogP contribution in [0.3, 0.4) is 0 Å². The van der Waals surface area contributed by atoms with Gasteiger partial charge in [0, 0.05) is 11.9 Å². The van der Waals surface area contributed by atoms with Crippen molar-refractivity contribution < 1.29 is 14.3 Å². The van der Waals surface area contributed by atoms with Crippen molar-refractivity contribution in [2.24, 2.45) is 0 Å². The Morgan fingerprint density at radius 2 is 2.50 bits per heavy atom. The lowest BCUT2D eigenvalue weighted by atomic mass is 10.3. The Bertz CT molecular complexity index is 552. The van der Waals surface area contributed by atoms with E-state index >= 15 is 0 Å². The largest absolute Gasteiger partial charge is 0.480 e. The third-order valence-corrected chi connectivity index (χ3v) is 5.04. The minimum absolute atomic E-state index is 0.0418. The molecule has 1 aliphatic heterocycles. The quantitative estimate of drug-likeness (QED) is 0.899. The van der Waals surface area contributed by atoms with Gasteiger partial charge in [0.25, 0.3) is 0 Å². The molecule has 0 radical (unpaired) electrons. The number of carbonyl (C=O) groups is 1. The van der Waals surface area contributed by atoms with Gasteiger partial charge in [-0.15, -0.1) is 23.1 Å². The number of thioether (sulfide) groups is 1. The standard InChI is InChI=1S/C11H10N2O3S2/c14-11(15)6-5-17-10(13-6)9-12-4-8(18-9)7-2-1-3-16-7/h1-4,6,10,13H,5H2,(H,14,15). The second-order valence-electron chi connectivity index (χ2n) is 3.81. The molecule has 5 nitrogen and oxygen atoms in total. The average molecular weight is 282 g/mol. The van der Waals surface area contributed by atoms with Gasteiger partial charge in [-0.2, -0.15) is 0 Å². The zero-order valence-corrected chi connectivity index (χ0v) is 10.8. The molecule has 1 saturated heterocycles. The average Bonchev–Trinajstić information content (AvgIpc) is 3.10. The van der Waals surface area contributed by atoms with Gasteiger partial charge in [0.15, 0.2) is 0 Å². The highest BCUT2D eigenvalue weighted by Crippen LogP contribution is 2.37. The fourth-order valence-corrected chi connectivity index (χ4v) is 3.96. The first-order valence-corrected chi connectivity index (χ1v) is 7.20. The molecule has 0 aliphatic carbocycles. The molecule has 3 rings (SSSR count). The van der Waals surface area contributed by atoms with Gasteiger partial charge in [0.1, 0.15) is 22.2 Å². The molecule has 1 fully saturated rings.